The lowest BCUT2D eigenvalue weighted by Gasteiger charge is -2.16. The molecule has 2 aromatic heterocycles. The third kappa shape index (κ3) is 4.66. The molecule has 10 heteroatoms. The average molecular weight is 480 g/mol. The molecule has 1 atom stereocenters. The molecule has 10 nitrogen and oxygen atoms in total. The van der Waals surface area contributed by atoms with Crippen LogP contribution in [-0.4, -0.2) is 76.2 Å². The van der Waals surface area contributed by atoms with E-state index in [1.165, 1.54) is 19.2 Å². The van der Waals surface area contributed by atoms with E-state index in [1.54, 1.807) is 12.0 Å². The zero-order chi connectivity index (χ0) is 24.5. The predicted molar refractivity (Wildman–Crippen MR) is 128 cm³/mol. The lowest BCUT2D eigenvalue weighted by molar-refractivity contribution is -0.133. The summed E-state index contributed by atoms with van der Waals surface area (Å²) in [4.78, 5) is 38.8. The molecule has 1 saturated carbocycles. The number of carbonyl (C=O) groups is 2. The fourth-order valence-electron chi connectivity index (χ4n) is 4.50. The fraction of sp³-hybridized carbons (Fsp3) is 0.440. The Morgan fingerprint density at radius 2 is 2.09 bits per heavy atom. The van der Waals surface area contributed by atoms with Gasteiger partial charge < -0.3 is 29.8 Å². The summed E-state index contributed by atoms with van der Waals surface area (Å²) < 4.78 is 11.6. The number of methoxy groups -OCH3 is 1. The Balaban J connectivity index is 1.46. The summed E-state index contributed by atoms with van der Waals surface area (Å²) in [5.74, 6) is 1.38. The first-order valence-electron chi connectivity index (χ1n) is 11.8. The summed E-state index contributed by atoms with van der Waals surface area (Å²) in [7, 11) is 1.61. The van der Waals surface area contributed by atoms with Gasteiger partial charge in [-0.2, -0.15) is 0 Å². The van der Waals surface area contributed by atoms with Crippen molar-refractivity contribution in [3.05, 3.63) is 35.8 Å². The summed E-state index contributed by atoms with van der Waals surface area (Å²) >= 11 is 0. The van der Waals surface area contributed by atoms with Crippen LogP contribution in [0.3, 0.4) is 0 Å². The molecule has 0 radical (unpaired) electrons. The molecule has 0 bridgehead atoms. The lowest BCUT2D eigenvalue weighted by Crippen LogP contribution is -2.39. The van der Waals surface area contributed by atoms with Gasteiger partial charge in [-0.15, -0.1) is 0 Å². The molecule has 35 heavy (non-hydrogen) atoms. The SMILES string of the molecule is COc1ccc(OCC2CC2)c(-c2ncnc3c(C(=O)N[C@@H]4CCN(C(=O)CO)C4)c(C)[nH]c23)c1. The largest absolute Gasteiger partial charge is 0.497 e. The first kappa shape index (κ1) is 23.1. The number of nitrogens with one attached hydrogen (secondary N) is 2. The van der Waals surface area contributed by atoms with Crippen LogP contribution in [-0.2, 0) is 4.79 Å². The van der Waals surface area contributed by atoms with Gasteiger partial charge in [0.25, 0.3) is 5.91 Å². The van der Waals surface area contributed by atoms with Crippen molar-refractivity contribution in [1.82, 2.24) is 25.2 Å². The molecule has 1 aromatic carbocycles. The van der Waals surface area contributed by atoms with Crippen LogP contribution in [0.25, 0.3) is 22.3 Å². The van der Waals surface area contributed by atoms with Gasteiger partial charge >= 0.3 is 0 Å². The van der Waals surface area contributed by atoms with Gasteiger partial charge in [0.05, 0.1) is 24.8 Å². The minimum atomic E-state index is -0.529. The van der Waals surface area contributed by atoms with E-state index in [2.05, 4.69) is 20.3 Å². The number of aliphatic hydroxyl groups is 1. The summed E-state index contributed by atoms with van der Waals surface area (Å²) in [6.07, 6.45) is 4.45. The second-order valence-corrected chi connectivity index (χ2v) is 9.14. The molecule has 2 amide bonds. The van der Waals surface area contributed by atoms with Gasteiger partial charge in [0.2, 0.25) is 5.91 Å². The highest BCUT2D eigenvalue weighted by molar-refractivity contribution is 6.09. The number of hydrogen-bond acceptors (Lipinski definition) is 7. The molecule has 1 aliphatic carbocycles. The Morgan fingerprint density at radius 1 is 1.26 bits per heavy atom. The van der Waals surface area contributed by atoms with Gasteiger partial charge in [0.15, 0.2) is 0 Å². The Labute approximate surface area is 202 Å². The Morgan fingerprint density at radius 3 is 2.83 bits per heavy atom. The fourth-order valence-corrected chi connectivity index (χ4v) is 4.50. The number of hydrogen-bond donors (Lipinski definition) is 3. The molecule has 0 spiro atoms. The predicted octanol–water partition coefficient (Wildman–Crippen LogP) is 2.05. The van der Waals surface area contributed by atoms with Crippen LogP contribution < -0.4 is 14.8 Å². The first-order valence-corrected chi connectivity index (χ1v) is 11.8. The molecule has 184 valence electrons. The van der Waals surface area contributed by atoms with E-state index in [0.29, 0.717) is 71.5 Å². The maximum absolute atomic E-state index is 13.3. The molecule has 3 heterocycles. The van der Waals surface area contributed by atoms with Crippen molar-refractivity contribution in [1.29, 1.82) is 0 Å². The zero-order valence-electron chi connectivity index (χ0n) is 19.8. The van der Waals surface area contributed by atoms with Crippen molar-refractivity contribution in [2.45, 2.75) is 32.2 Å². The number of aliphatic hydroxyl groups excluding tert-OH is 1. The van der Waals surface area contributed by atoms with Crippen molar-refractivity contribution in [3.8, 4) is 22.8 Å². The minimum absolute atomic E-state index is 0.190. The molecule has 2 fully saturated rings. The quantitative estimate of drug-likeness (QED) is 0.451. The van der Waals surface area contributed by atoms with Crippen molar-refractivity contribution >= 4 is 22.8 Å². The number of aromatic amines is 1. The summed E-state index contributed by atoms with van der Waals surface area (Å²) in [5.41, 5.74) is 3.66. The summed E-state index contributed by atoms with van der Waals surface area (Å²) in [6, 6.07) is 5.43. The van der Waals surface area contributed by atoms with E-state index in [0.717, 1.165) is 5.56 Å². The Bertz CT molecular complexity index is 1270. The molecule has 1 aliphatic heterocycles. The highest BCUT2D eigenvalue weighted by Gasteiger charge is 2.29. The van der Waals surface area contributed by atoms with Crippen molar-refractivity contribution in [3.63, 3.8) is 0 Å². The van der Waals surface area contributed by atoms with Crippen LogP contribution in [0.2, 0.25) is 0 Å². The van der Waals surface area contributed by atoms with Crippen LogP contribution >= 0.6 is 0 Å². The normalized spacial score (nSPS) is 17.6. The molecule has 3 aromatic rings. The van der Waals surface area contributed by atoms with Gasteiger partial charge in [-0.25, -0.2) is 9.97 Å². The van der Waals surface area contributed by atoms with E-state index >= 15 is 0 Å². The number of aromatic nitrogens is 3. The van der Waals surface area contributed by atoms with E-state index in [1.807, 2.05) is 25.1 Å². The summed E-state index contributed by atoms with van der Waals surface area (Å²) in [5, 5.41) is 12.1. The number of benzene rings is 1. The van der Waals surface area contributed by atoms with Gasteiger partial charge in [0, 0.05) is 30.4 Å². The number of H-pyrrole nitrogens is 1. The molecular weight excluding hydrogens is 450 g/mol. The van der Waals surface area contributed by atoms with Gasteiger partial charge in [-0.3, -0.25) is 9.59 Å². The molecule has 5 rings (SSSR count). The second-order valence-electron chi connectivity index (χ2n) is 9.14. The van der Waals surface area contributed by atoms with E-state index in [-0.39, 0.29) is 17.9 Å². The lowest BCUT2D eigenvalue weighted by atomic mass is 10.1. The van der Waals surface area contributed by atoms with Crippen LogP contribution in [0.5, 0.6) is 11.5 Å². The standard InChI is InChI=1S/C25H29N5O5/c1-14-21(25(33)29-16-7-8-30(10-16)20(32)11-31)23-24(28-14)22(26-13-27-23)18-9-17(34-2)5-6-19(18)35-12-15-3-4-15/h5-6,9,13,15-16,28,31H,3-4,7-8,10-12H2,1-2H3,(H,29,33)/t16-/m1/s1. The topological polar surface area (TPSA) is 130 Å². The van der Waals surface area contributed by atoms with Gasteiger partial charge in [-0.05, 0) is 50.3 Å². The molecule has 2 aliphatic rings. The maximum Gasteiger partial charge on any atom is 0.255 e. The van der Waals surface area contributed by atoms with Crippen LogP contribution in [0.15, 0.2) is 24.5 Å². The molecule has 0 unspecified atom stereocenters. The van der Waals surface area contributed by atoms with E-state index < -0.39 is 6.61 Å². The molecule has 3 N–H and O–H groups in total. The minimum Gasteiger partial charge on any atom is -0.497 e. The van der Waals surface area contributed by atoms with Crippen LogP contribution in [0.1, 0.15) is 35.3 Å². The molecule has 1 saturated heterocycles. The third-order valence-electron chi connectivity index (χ3n) is 6.62. The first-order chi connectivity index (χ1) is 17.0. The number of carbonyl (C=O) groups excluding carboxylic acids is 2. The molecular formula is C25H29N5O5. The number of ether oxygens (including phenoxy) is 2. The van der Waals surface area contributed by atoms with E-state index in [9.17, 15) is 9.59 Å². The Hall–Kier alpha value is -3.66. The maximum atomic E-state index is 13.3. The van der Waals surface area contributed by atoms with Crippen molar-refractivity contribution < 1.29 is 24.2 Å². The van der Waals surface area contributed by atoms with Gasteiger partial charge in [-0.1, -0.05) is 0 Å². The average Bonchev–Trinajstić information content (AvgIpc) is 3.47. The monoisotopic (exact) mass is 479 g/mol. The highest BCUT2D eigenvalue weighted by atomic mass is 16.5. The van der Waals surface area contributed by atoms with Crippen LogP contribution in [0.4, 0.5) is 0 Å². The van der Waals surface area contributed by atoms with E-state index in [4.69, 9.17) is 14.6 Å². The zero-order valence-corrected chi connectivity index (χ0v) is 19.8. The number of aryl methyl sites for hydroxylation is 1. The highest BCUT2D eigenvalue weighted by Crippen LogP contribution is 2.38. The summed E-state index contributed by atoms with van der Waals surface area (Å²) in [6.45, 7) is 2.83. The smallest absolute Gasteiger partial charge is 0.255 e. The van der Waals surface area contributed by atoms with Gasteiger partial charge in [0.1, 0.15) is 35.6 Å². The number of likely N-dealkylation sites (tertiary alicyclic amines) is 1. The van der Waals surface area contributed by atoms with Crippen LogP contribution in [0, 0.1) is 12.8 Å². The van der Waals surface area contributed by atoms with Crippen molar-refractivity contribution in [2.24, 2.45) is 5.92 Å². The number of rotatable bonds is 8. The number of nitrogens with zero attached hydrogens (tertiary/aromatic N) is 3. The van der Waals surface area contributed by atoms with Crippen molar-refractivity contribution in [2.75, 3.05) is 33.4 Å². The third-order valence-corrected chi connectivity index (χ3v) is 6.62. The Kier molecular flexibility index (Phi) is 6.29. The second kappa shape index (κ2) is 9.53. The number of amides is 2. The number of fused-ring (bicyclic) bond motifs is 1.